The average molecular weight is 585 g/mol. The van der Waals surface area contributed by atoms with Gasteiger partial charge < -0.3 is 4.74 Å². The topological polar surface area (TPSA) is 43.4 Å². The van der Waals surface area contributed by atoms with E-state index in [9.17, 15) is 22.8 Å². The highest BCUT2D eigenvalue weighted by Crippen LogP contribution is 2.49. The number of ether oxygens (including phenoxy) is 1. The lowest BCUT2D eigenvalue weighted by atomic mass is 10.0. The molecule has 4 rings (SSSR count). The number of hydrogen-bond donors (Lipinski definition) is 0. The standard InChI is InChI=1S/C32H26F5O3P/c1-31(2,3)40-30(39)28(29(38)32(36,37)24-19-20-25(33)27(35)26(24)34)41(21-13-7-4-8-14-21,22-15-9-5-10-16-22)23-17-11-6-12-18-23/h4-20H,1-3H3. The maximum Gasteiger partial charge on any atom is 0.343 e. The summed E-state index contributed by atoms with van der Waals surface area (Å²) in [6.45, 7) is 0.730. The second kappa shape index (κ2) is 11.5. The van der Waals surface area contributed by atoms with Crippen LogP contribution in [0.4, 0.5) is 22.0 Å². The van der Waals surface area contributed by atoms with Crippen molar-refractivity contribution in [2.45, 2.75) is 32.3 Å². The first-order chi connectivity index (χ1) is 19.3. The van der Waals surface area contributed by atoms with E-state index < -0.39 is 58.5 Å². The number of benzene rings is 4. The van der Waals surface area contributed by atoms with Crippen LogP contribution in [0, 0.1) is 17.5 Å². The van der Waals surface area contributed by atoms with Crippen LogP contribution in [0.3, 0.4) is 0 Å². The van der Waals surface area contributed by atoms with Crippen molar-refractivity contribution in [1.29, 1.82) is 0 Å². The summed E-state index contributed by atoms with van der Waals surface area (Å²) in [5, 5.41) is 0.180. The Kier molecular flexibility index (Phi) is 8.36. The molecule has 0 unspecified atom stereocenters. The number of Topliss-reactive ketones (excluding diaryl/α,β-unsaturated/α-hetero) is 1. The first-order valence-electron chi connectivity index (χ1n) is 12.5. The SMILES string of the molecule is CC(C)(C)OC(=O)C(C(=O)C(F)(F)c1ccc(F)c(F)c1F)=P(c1ccccc1)(c1ccccc1)c1ccccc1. The Bertz CT molecular complexity index is 1530. The molecule has 41 heavy (non-hydrogen) atoms. The van der Waals surface area contributed by atoms with Gasteiger partial charge in [0.25, 0.3) is 0 Å². The van der Waals surface area contributed by atoms with Crippen LogP contribution in [0.5, 0.6) is 0 Å². The molecule has 0 N–H and O–H groups in total. The van der Waals surface area contributed by atoms with Crippen LogP contribution in [-0.2, 0) is 20.2 Å². The van der Waals surface area contributed by atoms with Crippen LogP contribution in [0.15, 0.2) is 103 Å². The third-order valence-corrected chi connectivity index (χ3v) is 10.5. The average Bonchev–Trinajstić information content (AvgIpc) is 2.94. The molecule has 0 heterocycles. The third kappa shape index (κ3) is 5.62. The molecule has 4 aromatic carbocycles. The number of ketones is 1. The zero-order chi connectivity index (χ0) is 30.0. The Labute approximate surface area is 234 Å². The lowest BCUT2D eigenvalue weighted by molar-refractivity contribution is -0.148. The highest BCUT2D eigenvalue weighted by molar-refractivity contribution is 7.97. The Morgan fingerprint density at radius 1 is 0.634 bits per heavy atom. The van der Waals surface area contributed by atoms with Crippen molar-refractivity contribution in [3.8, 4) is 0 Å². The molecule has 0 spiro atoms. The Morgan fingerprint density at radius 3 is 1.44 bits per heavy atom. The minimum atomic E-state index is -4.78. The molecule has 0 amide bonds. The van der Waals surface area contributed by atoms with Gasteiger partial charge in [-0.15, -0.1) is 0 Å². The molecule has 0 saturated carbocycles. The number of esters is 1. The summed E-state index contributed by atoms with van der Waals surface area (Å²) in [5.74, 6) is -14.3. The monoisotopic (exact) mass is 584 g/mol. The molecule has 0 aliphatic carbocycles. The molecule has 0 saturated heterocycles. The van der Waals surface area contributed by atoms with E-state index >= 15 is 8.78 Å². The first-order valence-corrected chi connectivity index (χ1v) is 14.3. The van der Waals surface area contributed by atoms with Crippen LogP contribution in [-0.4, -0.2) is 22.6 Å². The van der Waals surface area contributed by atoms with Crippen molar-refractivity contribution in [2.75, 3.05) is 0 Å². The number of alkyl halides is 2. The molecule has 4 aromatic rings. The molecule has 3 nitrogen and oxygen atoms in total. The van der Waals surface area contributed by atoms with Gasteiger partial charge in [-0.25, -0.2) is 18.0 Å². The van der Waals surface area contributed by atoms with Gasteiger partial charge in [0.05, 0.1) is 5.56 Å². The lowest BCUT2D eigenvalue weighted by Gasteiger charge is -2.33. The predicted octanol–water partition coefficient (Wildman–Crippen LogP) is 6.27. The number of carbonyl (C=O) groups excluding carboxylic acids is 2. The summed E-state index contributed by atoms with van der Waals surface area (Å²) >= 11 is 0. The normalized spacial score (nSPS) is 12.1. The van der Waals surface area contributed by atoms with Crippen LogP contribution >= 0.6 is 6.89 Å². The van der Waals surface area contributed by atoms with Gasteiger partial charge in [0, 0.05) is 0 Å². The molecule has 0 aromatic heterocycles. The minimum Gasteiger partial charge on any atom is -0.456 e. The highest BCUT2D eigenvalue weighted by atomic mass is 31.2. The second-order valence-electron chi connectivity index (χ2n) is 10.2. The number of hydrogen-bond acceptors (Lipinski definition) is 3. The van der Waals surface area contributed by atoms with E-state index in [1.165, 1.54) is 20.8 Å². The van der Waals surface area contributed by atoms with Crippen molar-refractivity contribution >= 4 is 39.8 Å². The van der Waals surface area contributed by atoms with Crippen molar-refractivity contribution in [2.24, 2.45) is 0 Å². The second-order valence-corrected chi connectivity index (χ2v) is 13.5. The largest absolute Gasteiger partial charge is 0.456 e. The smallest absolute Gasteiger partial charge is 0.343 e. The van der Waals surface area contributed by atoms with Crippen LogP contribution in [0.1, 0.15) is 26.3 Å². The fraction of sp³-hybridized carbons (Fsp3) is 0.156. The van der Waals surface area contributed by atoms with E-state index in [-0.39, 0.29) is 0 Å². The summed E-state index contributed by atoms with van der Waals surface area (Å²) in [6.07, 6.45) is 0. The molecular weight excluding hydrogens is 558 g/mol. The number of halogens is 5. The van der Waals surface area contributed by atoms with E-state index in [2.05, 4.69) is 0 Å². The van der Waals surface area contributed by atoms with Crippen molar-refractivity contribution < 1.29 is 36.3 Å². The van der Waals surface area contributed by atoms with Gasteiger partial charge in [-0.1, -0.05) is 91.0 Å². The van der Waals surface area contributed by atoms with Crippen LogP contribution in [0.2, 0.25) is 0 Å². The highest BCUT2D eigenvalue weighted by Gasteiger charge is 2.51. The molecular formula is C32H26F5O3P. The van der Waals surface area contributed by atoms with E-state index in [1.54, 1.807) is 91.0 Å². The quantitative estimate of drug-likeness (QED) is 0.0846. The molecule has 0 aliphatic heterocycles. The summed E-state index contributed by atoms with van der Waals surface area (Å²) in [5.41, 5.74) is -2.92. The number of carbonyl (C=O) groups is 2. The molecule has 212 valence electrons. The molecule has 0 atom stereocenters. The number of rotatable bonds is 7. The van der Waals surface area contributed by atoms with Crippen LogP contribution < -0.4 is 15.9 Å². The van der Waals surface area contributed by atoms with E-state index in [1.807, 2.05) is 0 Å². The zero-order valence-corrected chi connectivity index (χ0v) is 23.3. The maximum atomic E-state index is 16.2. The zero-order valence-electron chi connectivity index (χ0n) is 22.4. The Hall–Kier alpha value is -4.03. The molecule has 0 aliphatic rings. The van der Waals surface area contributed by atoms with E-state index in [0.29, 0.717) is 28.0 Å². The van der Waals surface area contributed by atoms with E-state index in [0.717, 1.165) is 0 Å². The van der Waals surface area contributed by atoms with Gasteiger partial charge in [0.1, 0.15) is 10.9 Å². The van der Waals surface area contributed by atoms with Gasteiger partial charge in [-0.05, 0) is 55.7 Å². The molecule has 9 heteroatoms. The molecule has 0 radical (unpaired) electrons. The Morgan fingerprint density at radius 2 is 1.05 bits per heavy atom. The van der Waals surface area contributed by atoms with Crippen molar-refractivity contribution in [3.63, 3.8) is 0 Å². The van der Waals surface area contributed by atoms with Gasteiger partial charge in [-0.2, -0.15) is 8.78 Å². The summed E-state index contributed by atoms with van der Waals surface area (Å²) < 4.78 is 80.4. The minimum absolute atomic E-state index is 0.298. The third-order valence-electron chi connectivity index (χ3n) is 6.23. The van der Waals surface area contributed by atoms with Gasteiger partial charge >= 0.3 is 11.9 Å². The molecule has 0 fully saturated rings. The van der Waals surface area contributed by atoms with E-state index in [4.69, 9.17) is 4.74 Å². The maximum absolute atomic E-state index is 16.2. The fourth-order valence-corrected chi connectivity index (χ4v) is 8.83. The predicted molar refractivity (Wildman–Crippen MR) is 151 cm³/mol. The summed E-state index contributed by atoms with van der Waals surface area (Å²) in [6, 6.07) is 25.2. The van der Waals surface area contributed by atoms with Crippen LogP contribution in [0.25, 0.3) is 0 Å². The van der Waals surface area contributed by atoms with Crippen molar-refractivity contribution in [3.05, 3.63) is 126 Å². The molecule has 0 bridgehead atoms. The fourth-order valence-electron chi connectivity index (χ4n) is 4.54. The Balaban J connectivity index is 2.26. The summed E-state index contributed by atoms with van der Waals surface area (Å²) in [7, 11) is 0. The van der Waals surface area contributed by atoms with Gasteiger partial charge in [0.2, 0.25) is 5.78 Å². The first kappa shape index (κ1) is 29.9. The van der Waals surface area contributed by atoms with Gasteiger partial charge in [-0.3, -0.25) is 4.79 Å². The lowest BCUT2D eigenvalue weighted by Crippen LogP contribution is -2.45. The van der Waals surface area contributed by atoms with Gasteiger partial charge in [0.15, 0.2) is 17.5 Å². The summed E-state index contributed by atoms with van der Waals surface area (Å²) in [4.78, 5) is 28.2. The van der Waals surface area contributed by atoms with Crippen molar-refractivity contribution in [1.82, 2.24) is 0 Å².